The van der Waals surface area contributed by atoms with Gasteiger partial charge in [0.1, 0.15) is 0 Å². The van der Waals surface area contributed by atoms with Gasteiger partial charge in [-0.1, -0.05) is 375 Å². The second-order valence-corrected chi connectivity index (χ2v) is 36.7. The predicted octanol–water partition coefficient (Wildman–Crippen LogP) is 32.6. The van der Waals surface area contributed by atoms with Gasteiger partial charge < -0.3 is 0 Å². The zero-order chi connectivity index (χ0) is 87.8. The van der Waals surface area contributed by atoms with Crippen molar-refractivity contribution in [3.63, 3.8) is 0 Å². The minimum absolute atomic E-state index is 0.170. The Morgan fingerprint density at radius 2 is 0.519 bits per heavy atom. The van der Waals surface area contributed by atoms with Crippen LogP contribution in [-0.4, -0.2) is 29.9 Å². The highest BCUT2D eigenvalue weighted by Gasteiger charge is 2.43. The van der Waals surface area contributed by atoms with Crippen molar-refractivity contribution in [3.05, 3.63) is 459 Å². The first-order chi connectivity index (χ1) is 64.2. The summed E-state index contributed by atoms with van der Waals surface area (Å²) in [6.07, 6.45) is 7.54. The fourth-order valence-corrected chi connectivity index (χ4v) is 21.7. The van der Waals surface area contributed by atoms with Crippen molar-refractivity contribution >= 4 is 86.8 Å². The minimum Gasteiger partial charge on any atom is -0.265 e. The first kappa shape index (κ1) is 78.2. The molecule has 26 rings (SSSR count). The number of aromatic nitrogens is 6. The van der Waals surface area contributed by atoms with Crippen molar-refractivity contribution in [2.24, 2.45) is 0 Å². The van der Waals surface area contributed by atoms with Crippen LogP contribution in [0.2, 0.25) is 0 Å². The van der Waals surface area contributed by atoms with Crippen molar-refractivity contribution in [3.8, 4) is 134 Å². The van der Waals surface area contributed by atoms with Crippen LogP contribution in [0.15, 0.2) is 425 Å². The number of fused-ring (bicyclic) bond motifs is 20. The summed E-state index contributed by atoms with van der Waals surface area (Å²) in [4.78, 5) is 29.6. The molecular formula is C125H88N6. The van der Waals surface area contributed by atoms with Crippen molar-refractivity contribution in [2.75, 3.05) is 0 Å². The molecule has 3 aliphatic carbocycles. The largest absolute Gasteiger partial charge is 0.265 e. The summed E-state index contributed by atoms with van der Waals surface area (Å²) in [6, 6.07) is 144. The molecule has 0 radical (unpaired) electrons. The third-order valence-corrected chi connectivity index (χ3v) is 28.1. The number of nitrogens with zero attached hydrogens (tertiary/aromatic N) is 6. The molecule has 618 valence electrons. The van der Waals surface area contributed by atoms with Gasteiger partial charge in [0.15, 0.2) is 0 Å². The number of para-hydroxylation sites is 2. The van der Waals surface area contributed by atoms with E-state index >= 15 is 0 Å². The van der Waals surface area contributed by atoms with E-state index < -0.39 is 0 Å². The van der Waals surface area contributed by atoms with E-state index in [2.05, 4.69) is 435 Å². The summed E-state index contributed by atoms with van der Waals surface area (Å²) in [5, 5.41) is 13.4. The van der Waals surface area contributed by atoms with E-state index in [4.69, 9.17) is 24.9 Å². The van der Waals surface area contributed by atoms with Crippen LogP contribution in [0, 0.1) is 0 Å². The molecule has 3 aliphatic rings. The minimum atomic E-state index is -0.182. The third-order valence-electron chi connectivity index (χ3n) is 28.1. The van der Waals surface area contributed by atoms with Crippen LogP contribution < -0.4 is 0 Å². The van der Waals surface area contributed by atoms with Crippen LogP contribution in [-0.2, 0) is 16.2 Å². The van der Waals surface area contributed by atoms with Crippen LogP contribution in [0.25, 0.3) is 221 Å². The van der Waals surface area contributed by atoms with E-state index in [0.29, 0.717) is 0 Å². The van der Waals surface area contributed by atoms with Gasteiger partial charge in [-0.05, 0) is 221 Å². The highest BCUT2D eigenvalue weighted by Crippen LogP contribution is 2.58. The fraction of sp³-hybridized carbons (Fsp3) is 0.0720. The van der Waals surface area contributed by atoms with Gasteiger partial charge in [0.2, 0.25) is 0 Å². The SMILES string of the molecule is CC1(C)c2ccccc2-c2nc3ccc4ccccc4c3c(-c3ccc(-c4cccc(-c5cccc6cccnc56)c4)cc3)c21.CC1(C)c2ccccc2-c2nc3ccc4ccccc4c3c(-c3ccc(-c4cccc(-c5ccncc5)c4)cc3)c21.CC1(C)c2ccccc2-c2nc3ccc4ccccc4c3c(-c3ccc(-c4cccc(-c5cnc6ccccc6c5)c4)cc3)c21. The van der Waals surface area contributed by atoms with Crippen molar-refractivity contribution in [1.29, 1.82) is 0 Å². The number of pyridine rings is 6. The molecule has 0 bridgehead atoms. The zero-order valence-corrected chi connectivity index (χ0v) is 73.6. The molecule has 0 N–H and O–H groups in total. The van der Waals surface area contributed by atoms with E-state index in [9.17, 15) is 0 Å². The lowest BCUT2D eigenvalue weighted by Gasteiger charge is -2.25. The highest BCUT2D eigenvalue weighted by molar-refractivity contribution is 6.19. The molecule has 0 aliphatic heterocycles. The first-order valence-electron chi connectivity index (χ1n) is 45.3. The van der Waals surface area contributed by atoms with Gasteiger partial charge in [0.25, 0.3) is 0 Å². The van der Waals surface area contributed by atoms with E-state index in [1.54, 1.807) is 0 Å². The van der Waals surface area contributed by atoms with Gasteiger partial charge >= 0.3 is 0 Å². The van der Waals surface area contributed by atoms with E-state index in [-0.39, 0.29) is 16.2 Å². The van der Waals surface area contributed by atoms with Crippen molar-refractivity contribution < 1.29 is 0 Å². The Morgan fingerprint density at radius 1 is 0.198 bits per heavy atom. The Kier molecular flexibility index (Phi) is 18.5. The number of rotatable bonds is 9. The lowest BCUT2D eigenvalue weighted by molar-refractivity contribution is 0.661. The smallest absolute Gasteiger partial charge is 0.0780 e. The van der Waals surface area contributed by atoms with Gasteiger partial charge in [-0.3, -0.25) is 15.0 Å². The molecule has 0 saturated heterocycles. The lowest BCUT2D eigenvalue weighted by atomic mass is 9.78. The summed E-state index contributed by atoms with van der Waals surface area (Å²) in [7, 11) is 0. The summed E-state index contributed by atoms with van der Waals surface area (Å²) in [5.41, 5.74) is 41.3. The number of hydrogen-bond donors (Lipinski definition) is 0. The second-order valence-electron chi connectivity index (χ2n) is 36.7. The molecule has 0 fully saturated rings. The first-order valence-corrected chi connectivity index (χ1v) is 45.3. The summed E-state index contributed by atoms with van der Waals surface area (Å²) in [6.45, 7) is 14.1. The van der Waals surface area contributed by atoms with Crippen LogP contribution in [0.1, 0.15) is 74.9 Å². The van der Waals surface area contributed by atoms with Gasteiger partial charge in [-0.15, -0.1) is 0 Å². The van der Waals surface area contributed by atoms with Crippen LogP contribution in [0.3, 0.4) is 0 Å². The van der Waals surface area contributed by atoms with Gasteiger partial charge in [-0.2, -0.15) is 0 Å². The average Bonchev–Trinajstić information content (AvgIpc) is 1.57. The molecular weight excluding hydrogens is 1590 g/mol. The molecule has 0 amide bonds. The number of hydrogen-bond acceptors (Lipinski definition) is 6. The summed E-state index contributed by atoms with van der Waals surface area (Å²) in [5.74, 6) is 0. The topological polar surface area (TPSA) is 77.3 Å². The second kappa shape index (κ2) is 31.0. The molecule has 0 unspecified atom stereocenters. The fourth-order valence-electron chi connectivity index (χ4n) is 21.7. The number of benzene rings is 17. The Hall–Kier alpha value is -16.3. The lowest BCUT2D eigenvalue weighted by Crippen LogP contribution is -2.16. The predicted molar refractivity (Wildman–Crippen MR) is 548 cm³/mol. The van der Waals surface area contributed by atoms with E-state index in [1.807, 2.05) is 36.9 Å². The molecule has 131 heavy (non-hydrogen) atoms. The molecule has 23 aromatic rings. The van der Waals surface area contributed by atoms with Crippen LogP contribution in [0.4, 0.5) is 0 Å². The third kappa shape index (κ3) is 13.1. The van der Waals surface area contributed by atoms with E-state index in [0.717, 1.165) is 66.6 Å². The Balaban J connectivity index is 0.000000109. The molecule has 17 aromatic carbocycles. The van der Waals surface area contributed by atoms with Gasteiger partial charge in [0.05, 0.1) is 44.7 Å². The standard InChI is InChI=1S/2C43H30N2.C39H28N2/c1-43(2)36-16-7-6-15-35(36)42-41(43)39(40-34-14-5-3-10-28(34)22-23-38(40)45-42)29-20-18-27(19-21-29)30-12-9-13-31(24-30)33-25-32-11-4-8-17-37(32)44-26-33;1-43(2)36-18-6-5-16-35(36)42-40(43)38(39-33-15-4-3-10-28(33)23-24-37(39)45-42)29-21-19-27(20-22-29)31-12-7-13-32(26-31)34-17-8-11-30-14-9-25-44-41(30)34;1-39(2)33-13-6-5-12-32(33)38-37(39)35(36-31-11-4-3-8-27(31)18-19-34(36)41-38)28-16-14-25(15-17-28)29-9-7-10-30(24-29)26-20-22-40-23-21-26/h2*3-26H,1-2H3;3-24H,1-2H3. The Labute approximate surface area is 761 Å². The Morgan fingerprint density at radius 3 is 0.947 bits per heavy atom. The summed E-state index contributed by atoms with van der Waals surface area (Å²) >= 11 is 0. The molecule has 6 nitrogen and oxygen atoms in total. The average molecular weight is 1670 g/mol. The highest BCUT2D eigenvalue weighted by atomic mass is 14.8. The van der Waals surface area contributed by atoms with Gasteiger partial charge in [-0.25, -0.2) is 15.0 Å². The maximum atomic E-state index is 5.35. The van der Waals surface area contributed by atoms with Crippen molar-refractivity contribution in [1.82, 2.24) is 29.9 Å². The maximum Gasteiger partial charge on any atom is 0.0780 e. The molecule has 6 aromatic heterocycles. The normalized spacial score (nSPS) is 13.3. The maximum absolute atomic E-state index is 5.35. The molecule has 0 atom stereocenters. The molecule has 0 saturated carbocycles. The van der Waals surface area contributed by atoms with Crippen LogP contribution >= 0.6 is 0 Å². The van der Waals surface area contributed by atoms with E-state index in [1.165, 1.54) is 188 Å². The van der Waals surface area contributed by atoms with Gasteiger partial charge in [0, 0.05) is 95.8 Å². The zero-order valence-electron chi connectivity index (χ0n) is 73.6. The monoisotopic (exact) mass is 1670 g/mol. The molecule has 6 heterocycles. The van der Waals surface area contributed by atoms with Crippen LogP contribution in [0.5, 0.6) is 0 Å². The quantitative estimate of drug-likeness (QED) is 0.134. The summed E-state index contributed by atoms with van der Waals surface area (Å²) < 4.78 is 0. The van der Waals surface area contributed by atoms with Crippen molar-refractivity contribution in [2.45, 2.75) is 57.8 Å². The Bertz CT molecular complexity index is 8590. The molecule has 0 spiro atoms. The molecule has 6 heteroatoms.